The molecule has 0 saturated carbocycles. The van der Waals surface area contributed by atoms with Crippen LogP contribution < -0.4 is 10.1 Å². The van der Waals surface area contributed by atoms with Crippen LogP contribution in [0.4, 0.5) is 11.4 Å². The lowest BCUT2D eigenvalue weighted by atomic mass is 9.77. The molecule has 0 unspecified atom stereocenters. The van der Waals surface area contributed by atoms with Crippen molar-refractivity contribution in [2.75, 3.05) is 5.32 Å². The fraction of sp³-hybridized carbons (Fsp3) is 0.156. The first-order chi connectivity index (χ1) is 17.3. The highest BCUT2D eigenvalue weighted by molar-refractivity contribution is 5.85. The zero-order chi connectivity index (χ0) is 23.5. The Hall–Kier alpha value is -4.11. The number of ether oxygens (including phenoxy) is 1. The van der Waals surface area contributed by atoms with Crippen LogP contribution in [0.2, 0.25) is 0 Å². The smallest absolute Gasteiger partial charge is 0.128 e. The second-order valence-corrected chi connectivity index (χ2v) is 9.22. The summed E-state index contributed by atoms with van der Waals surface area (Å²) in [5.41, 5.74) is 7.02. The molecule has 0 fully saturated rings. The number of benzene rings is 4. The van der Waals surface area contributed by atoms with E-state index in [1.165, 1.54) is 16.8 Å². The molecule has 0 aromatic heterocycles. The summed E-state index contributed by atoms with van der Waals surface area (Å²) in [4.78, 5) is 4.74. The third-order valence-electron chi connectivity index (χ3n) is 7.03. The Morgan fingerprint density at radius 2 is 1.60 bits per heavy atom. The predicted octanol–water partition coefficient (Wildman–Crippen LogP) is 7.84. The Bertz CT molecular complexity index is 1360. The van der Waals surface area contributed by atoms with Crippen LogP contribution in [-0.2, 0) is 6.61 Å². The topological polar surface area (TPSA) is 33.6 Å². The minimum absolute atomic E-state index is 0.301. The van der Waals surface area contributed by atoms with E-state index in [9.17, 15) is 0 Å². The number of allylic oxidation sites excluding steroid dienone is 2. The van der Waals surface area contributed by atoms with Gasteiger partial charge in [-0.3, -0.25) is 4.99 Å². The van der Waals surface area contributed by atoms with Crippen LogP contribution in [0.1, 0.15) is 40.6 Å². The Labute approximate surface area is 206 Å². The van der Waals surface area contributed by atoms with Gasteiger partial charge in [-0.25, -0.2) is 0 Å². The largest absolute Gasteiger partial charge is 0.488 e. The van der Waals surface area contributed by atoms with Crippen molar-refractivity contribution in [3.05, 3.63) is 138 Å². The van der Waals surface area contributed by atoms with Gasteiger partial charge in [0.15, 0.2) is 0 Å². The molecule has 3 atom stereocenters. The SMILES string of the molecule is C1=C[C@@H]2c3ccccc3N[C@H](c3ccc(N=Cc4ccccc4OCc4ccccc4)cc3)[C@@H]2C1. The second kappa shape index (κ2) is 9.63. The average molecular weight is 457 g/mol. The highest BCUT2D eigenvalue weighted by atomic mass is 16.5. The molecule has 4 aromatic carbocycles. The molecular formula is C32H28N2O. The molecular weight excluding hydrogens is 428 g/mol. The van der Waals surface area contributed by atoms with Crippen molar-refractivity contribution in [2.45, 2.75) is 25.0 Å². The number of para-hydroxylation sites is 2. The van der Waals surface area contributed by atoms with E-state index >= 15 is 0 Å². The lowest BCUT2D eigenvalue weighted by Gasteiger charge is -2.37. The molecule has 1 aliphatic heterocycles. The van der Waals surface area contributed by atoms with Crippen molar-refractivity contribution in [1.29, 1.82) is 0 Å². The fourth-order valence-electron chi connectivity index (χ4n) is 5.24. The summed E-state index contributed by atoms with van der Waals surface area (Å²) < 4.78 is 6.07. The Morgan fingerprint density at radius 1 is 0.829 bits per heavy atom. The van der Waals surface area contributed by atoms with Crippen LogP contribution in [0.15, 0.2) is 120 Å². The second-order valence-electron chi connectivity index (χ2n) is 9.22. The van der Waals surface area contributed by atoms with Crippen molar-refractivity contribution in [3.8, 4) is 5.75 Å². The van der Waals surface area contributed by atoms with E-state index in [4.69, 9.17) is 9.73 Å². The van der Waals surface area contributed by atoms with Gasteiger partial charge in [0.05, 0.1) is 11.7 Å². The van der Waals surface area contributed by atoms with Gasteiger partial charge in [0.2, 0.25) is 0 Å². The van der Waals surface area contributed by atoms with Gasteiger partial charge >= 0.3 is 0 Å². The number of nitrogens with zero attached hydrogens (tertiary/aromatic N) is 1. The number of aliphatic imine (C=N–C) groups is 1. The standard InChI is InChI=1S/C32H28N2O/c1-2-9-23(10-3-1)22-35-31-16-7-4-11-25(31)21-33-26-19-17-24(18-20-26)32-29-14-8-13-27(29)28-12-5-6-15-30(28)34-32/h1-13,15-21,27,29,32,34H,14,22H2/t27-,29-,32-/m1/s1. The van der Waals surface area contributed by atoms with Gasteiger partial charge in [0, 0.05) is 23.4 Å². The minimum Gasteiger partial charge on any atom is -0.488 e. The summed E-state index contributed by atoms with van der Waals surface area (Å²) in [6.07, 6.45) is 7.72. The summed E-state index contributed by atoms with van der Waals surface area (Å²) in [5, 5.41) is 3.80. The van der Waals surface area contributed by atoms with E-state index in [2.05, 4.69) is 78.1 Å². The third-order valence-corrected chi connectivity index (χ3v) is 7.03. The summed E-state index contributed by atoms with van der Waals surface area (Å²) in [6.45, 7) is 0.537. The molecule has 1 heterocycles. The van der Waals surface area contributed by atoms with Crippen LogP contribution in [0.3, 0.4) is 0 Å². The molecule has 3 nitrogen and oxygen atoms in total. The first-order valence-corrected chi connectivity index (χ1v) is 12.3. The highest BCUT2D eigenvalue weighted by Crippen LogP contribution is 2.49. The molecule has 0 amide bonds. The molecule has 6 rings (SSSR count). The van der Waals surface area contributed by atoms with Crippen molar-refractivity contribution in [1.82, 2.24) is 0 Å². The lowest BCUT2D eigenvalue weighted by Crippen LogP contribution is -2.28. The fourth-order valence-corrected chi connectivity index (χ4v) is 5.24. The quantitative estimate of drug-likeness (QED) is 0.237. The molecule has 2 aliphatic rings. The summed E-state index contributed by atoms with van der Waals surface area (Å²) in [7, 11) is 0. The van der Waals surface area contributed by atoms with Crippen molar-refractivity contribution >= 4 is 17.6 Å². The monoisotopic (exact) mass is 456 g/mol. The molecule has 1 aliphatic carbocycles. The Morgan fingerprint density at radius 3 is 2.49 bits per heavy atom. The van der Waals surface area contributed by atoms with Crippen molar-refractivity contribution < 1.29 is 4.74 Å². The summed E-state index contributed by atoms with van der Waals surface area (Å²) >= 11 is 0. The first kappa shape index (κ1) is 21.4. The van der Waals surface area contributed by atoms with E-state index in [0.29, 0.717) is 24.5 Å². The number of anilines is 1. The number of hydrogen-bond acceptors (Lipinski definition) is 3. The normalized spacial score (nSPS) is 20.3. The molecule has 4 aromatic rings. The Kier molecular flexibility index (Phi) is 5.90. The van der Waals surface area contributed by atoms with Crippen molar-refractivity contribution in [2.24, 2.45) is 10.9 Å². The third kappa shape index (κ3) is 4.50. The summed E-state index contributed by atoms with van der Waals surface area (Å²) in [5.74, 6) is 1.87. The van der Waals surface area contributed by atoms with Gasteiger partial charge in [-0.15, -0.1) is 0 Å². The van der Waals surface area contributed by atoms with Crippen molar-refractivity contribution in [3.63, 3.8) is 0 Å². The molecule has 0 radical (unpaired) electrons. The van der Waals surface area contributed by atoms with Crippen LogP contribution in [0.5, 0.6) is 5.75 Å². The molecule has 35 heavy (non-hydrogen) atoms. The predicted molar refractivity (Wildman–Crippen MR) is 144 cm³/mol. The molecule has 0 bridgehead atoms. The lowest BCUT2D eigenvalue weighted by molar-refractivity contribution is 0.306. The minimum atomic E-state index is 0.301. The van der Waals surface area contributed by atoms with Gasteiger partial charge < -0.3 is 10.1 Å². The van der Waals surface area contributed by atoms with Gasteiger partial charge in [0.1, 0.15) is 12.4 Å². The number of fused-ring (bicyclic) bond motifs is 3. The van der Waals surface area contributed by atoms with Crippen LogP contribution in [0, 0.1) is 5.92 Å². The number of hydrogen-bond donors (Lipinski definition) is 1. The maximum atomic E-state index is 6.07. The van der Waals surface area contributed by atoms with Crippen LogP contribution in [0.25, 0.3) is 0 Å². The maximum absolute atomic E-state index is 6.07. The van der Waals surface area contributed by atoms with E-state index in [1.54, 1.807) is 0 Å². The molecule has 1 N–H and O–H groups in total. The van der Waals surface area contributed by atoms with E-state index in [0.717, 1.165) is 29.0 Å². The molecule has 172 valence electrons. The molecule has 0 saturated heterocycles. The van der Waals surface area contributed by atoms with Crippen LogP contribution >= 0.6 is 0 Å². The van der Waals surface area contributed by atoms with Crippen LogP contribution in [-0.4, -0.2) is 6.21 Å². The average Bonchev–Trinajstić information content (AvgIpc) is 3.42. The Balaban J connectivity index is 1.18. The number of nitrogens with one attached hydrogen (secondary N) is 1. The first-order valence-electron chi connectivity index (χ1n) is 12.3. The number of rotatable bonds is 6. The maximum Gasteiger partial charge on any atom is 0.128 e. The van der Waals surface area contributed by atoms with Gasteiger partial charge in [0.25, 0.3) is 0 Å². The van der Waals surface area contributed by atoms with E-state index in [1.807, 2.05) is 48.7 Å². The molecule has 3 heteroatoms. The molecule has 0 spiro atoms. The zero-order valence-corrected chi connectivity index (χ0v) is 19.5. The van der Waals surface area contributed by atoms with E-state index < -0.39 is 0 Å². The highest BCUT2D eigenvalue weighted by Gasteiger charge is 2.37. The van der Waals surface area contributed by atoms with Gasteiger partial charge in [-0.1, -0.05) is 84.9 Å². The van der Waals surface area contributed by atoms with Gasteiger partial charge in [-0.05, 0) is 59.4 Å². The van der Waals surface area contributed by atoms with Gasteiger partial charge in [-0.2, -0.15) is 0 Å². The van der Waals surface area contributed by atoms with E-state index in [-0.39, 0.29) is 0 Å². The zero-order valence-electron chi connectivity index (χ0n) is 19.5. The summed E-state index contributed by atoms with van der Waals surface area (Å²) in [6, 6.07) is 35.9.